The largest absolute Gasteiger partial charge is 0.356 e. The molecule has 1 aliphatic heterocycles. The number of nitrogens with zero attached hydrogens (tertiary/aromatic N) is 1. The third kappa shape index (κ3) is 2.89. The van der Waals surface area contributed by atoms with E-state index in [9.17, 15) is 4.79 Å². The number of likely N-dealkylation sites (N-methyl/N-ethyl adjacent to an activating group) is 1. The fourth-order valence-electron chi connectivity index (χ4n) is 2.64. The number of hydrogen-bond donors (Lipinski definition) is 2. The second kappa shape index (κ2) is 5.61. The molecule has 1 heterocycles. The molecule has 1 fully saturated rings. The van der Waals surface area contributed by atoms with Gasteiger partial charge in [-0.25, -0.2) is 0 Å². The van der Waals surface area contributed by atoms with Crippen LogP contribution in [0.3, 0.4) is 0 Å². The predicted molar refractivity (Wildman–Crippen MR) is 78.6 cm³/mol. The molecule has 0 aliphatic carbocycles. The smallest absolute Gasteiger partial charge is 0.244 e. The van der Waals surface area contributed by atoms with E-state index in [1.165, 1.54) is 16.8 Å². The lowest BCUT2D eigenvalue weighted by Gasteiger charge is -2.40. The van der Waals surface area contributed by atoms with E-state index in [2.05, 4.69) is 47.6 Å². The van der Waals surface area contributed by atoms with Crippen LogP contribution in [0, 0.1) is 13.8 Å². The molecular weight excluding hydrogens is 238 g/mol. The van der Waals surface area contributed by atoms with E-state index in [-0.39, 0.29) is 18.0 Å². The van der Waals surface area contributed by atoms with Gasteiger partial charge in [-0.1, -0.05) is 12.1 Å². The molecule has 1 aromatic carbocycles. The Labute approximate surface area is 115 Å². The first-order valence-corrected chi connectivity index (χ1v) is 6.81. The van der Waals surface area contributed by atoms with Gasteiger partial charge in [0.25, 0.3) is 0 Å². The van der Waals surface area contributed by atoms with Crippen molar-refractivity contribution in [1.29, 1.82) is 0 Å². The average Bonchev–Trinajstić information content (AvgIpc) is 2.35. The van der Waals surface area contributed by atoms with E-state index < -0.39 is 0 Å². The van der Waals surface area contributed by atoms with Crippen molar-refractivity contribution in [2.24, 2.45) is 0 Å². The number of rotatable bonds is 3. The van der Waals surface area contributed by atoms with E-state index in [1.54, 1.807) is 0 Å². The van der Waals surface area contributed by atoms with E-state index in [4.69, 9.17) is 0 Å². The summed E-state index contributed by atoms with van der Waals surface area (Å²) in [5.41, 5.74) is 3.61. The van der Waals surface area contributed by atoms with Crippen LogP contribution in [0.2, 0.25) is 0 Å². The Balaban J connectivity index is 2.37. The fraction of sp³-hybridized carbons (Fsp3) is 0.533. The summed E-state index contributed by atoms with van der Waals surface area (Å²) in [7, 11) is 1.88. The highest BCUT2D eigenvalue weighted by molar-refractivity contribution is 5.87. The minimum Gasteiger partial charge on any atom is -0.356 e. The van der Waals surface area contributed by atoms with E-state index >= 15 is 0 Å². The van der Waals surface area contributed by atoms with Crippen molar-refractivity contribution in [3.63, 3.8) is 0 Å². The number of amides is 1. The van der Waals surface area contributed by atoms with Crippen molar-refractivity contribution in [2.45, 2.75) is 32.9 Å². The van der Waals surface area contributed by atoms with Gasteiger partial charge in [0.05, 0.1) is 0 Å². The second-order valence-electron chi connectivity index (χ2n) is 5.43. The molecule has 2 rings (SSSR count). The first kappa shape index (κ1) is 13.9. The van der Waals surface area contributed by atoms with Gasteiger partial charge in [-0.3, -0.25) is 4.79 Å². The Morgan fingerprint density at radius 3 is 2.84 bits per heavy atom. The third-order valence-corrected chi connectivity index (χ3v) is 3.61. The SMILES string of the molecule is CNCC1C(=O)NC(C)CN1c1cc(C)ccc1C. The zero-order valence-electron chi connectivity index (χ0n) is 12.2. The maximum atomic E-state index is 12.2. The summed E-state index contributed by atoms with van der Waals surface area (Å²) < 4.78 is 0. The summed E-state index contributed by atoms with van der Waals surface area (Å²) in [6.07, 6.45) is 0. The molecule has 4 nitrogen and oxygen atoms in total. The highest BCUT2D eigenvalue weighted by Crippen LogP contribution is 2.25. The first-order chi connectivity index (χ1) is 9.02. The molecular formula is C15H23N3O. The minimum absolute atomic E-state index is 0.106. The Kier molecular flexibility index (Phi) is 4.10. The number of hydrogen-bond acceptors (Lipinski definition) is 3. The molecule has 1 aromatic rings. The molecule has 19 heavy (non-hydrogen) atoms. The number of anilines is 1. The number of carbonyl (C=O) groups excluding carboxylic acids is 1. The second-order valence-corrected chi connectivity index (χ2v) is 5.43. The maximum absolute atomic E-state index is 12.2. The normalized spacial score (nSPS) is 23.4. The van der Waals surface area contributed by atoms with Gasteiger partial charge in [0.2, 0.25) is 5.91 Å². The molecule has 4 heteroatoms. The molecule has 2 atom stereocenters. The van der Waals surface area contributed by atoms with Crippen molar-refractivity contribution < 1.29 is 4.79 Å². The minimum atomic E-state index is -0.137. The van der Waals surface area contributed by atoms with Crippen LogP contribution in [0.25, 0.3) is 0 Å². The standard InChI is InChI=1S/C15H23N3O/c1-10-5-6-11(2)13(7-10)18-9-12(3)17-15(19)14(18)8-16-4/h5-7,12,14,16H,8-9H2,1-4H3,(H,17,19). The van der Waals surface area contributed by atoms with Crippen LogP contribution in [-0.4, -0.2) is 38.1 Å². The van der Waals surface area contributed by atoms with Gasteiger partial charge in [0.15, 0.2) is 0 Å². The van der Waals surface area contributed by atoms with Crippen LogP contribution in [0.4, 0.5) is 5.69 Å². The fourth-order valence-corrected chi connectivity index (χ4v) is 2.64. The number of benzene rings is 1. The van der Waals surface area contributed by atoms with E-state index in [0.29, 0.717) is 6.54 Å². The molecule has 0 radical (unpaired) electrons. The van der Waals surface area contributed by atoms with Gasteiger partial charge >= 0.3 is 0 Å². The zero-order chi connectivity index (χ0) is 14.0. The monoisotopic (exact) mass is 261 g/mol. The third-order valence-electron chi connectivity index (χ3n) is 3.61. The van der Waals surface area contributed by atoms with Crippen LogP contribution in [-0.2, 0) is 4.79 Å². The number of aryl methyl sites for hydroxylation is 2. The number of nitrogens with one attached hydrogen (secondary N) is 2. The average molecular weight is 261 g/mol. The molecule has 2 N–H and O–H groups in total. The summed E-state index contributed by atoms with van der Waals surface area (Å²) in [6.45, 7) is 7.74. The van der Waals surface area contributed by atoms with Crippen LogP contribution < -0.4 is 15.5 Å². The molecule has 1 amide bonds. The van der Waals surface area contributed by atoms with Gasteiger partial charge in [-0.15, -0.1) is 0 Å². The van der Waals surface area contributed by atoms with Crippen molar-refractivity contribution >= 4 is 11.6 Å². The molecule has 104 valence electrons. The lowest BCUT2D eigenvalue weighted by Crippen LogP contribution is -2.62. The van der Waals surface area contributed by atoms with Crippen molar-refractivity contribution in [1.82, 2.24) is 10.6 Å². The topological polar surface area (TPSA) is 44.4 Å². The maximum Gasteiger partial charge on any atom is 0.244 e. The summed E-state index contributed by atoms with van der Waals surface area (Å²) in [5.74, 6) is 0.106. The molecule has 0 aromatic heterocycles. The molecule has 2 unspecified atom stereocenters. The van der Waals surface area contributed by atoms with Crippen molar-refractivity contribution in [3.05, 3.63) is 29.3 Å². The van der Waals surface area contributed by atoms with Crippen molar-refractivity contribution in [2.75, 3.05) is 25.0 Å². The Morgan fingerprint density at radius 2 is 2.16 bits per heavy atom. The molecule has 1 saturated heterocycles. The van der Waals surface area contributed by atoms with Crippen LogP contribution in [0.1, 0.15) is 18.1 Å². The van der Waals surface area contributed by atoms with Gasteiger partial charge in [0, 0.05) is 24.8 Å². The van der Waals surface area contributed by atoms with E-state index in [1.807, 2.05) is 14.0 Å². The molecule has 1 aliphatic rings. The Morgan fingerprint density at radius 1 is 1.42 bits per heavy atom. The first-order valence-electron chi connectivity index (χ1n) is 6.81. The van der Waals surface area contributed by atoms with Gasteiger partial charge < -0.3 is 15.5 Å². The Bertz CT molecular complexity index is 472. The highest BCUT2D eigenvalue weighted by Gasteiger charge is 2.32. The van der Waals surface area contributed by atoms with Crippen LogP contribution in [0.15, 0.2) is 18.2 Å². The zero-order valence-corrected chi connectivity index (χ0v) is 12.2. The van der Waals surface area contributed by atoms with Crippen molar-refractivity contribution in [3.8, 4) is 0 Å². The lowest BCUT2D eigenvalue weighted by molar-refractivity contribution is -0.124. The molecule has 0 bridgehead atoms. The highest BCUT2D eigenvalue weighted by atomic mass is 16.2. The van der Waals surface area contributed by atoms with Gasteiger partial charge in [-0.05, 0) is 45.0 Å². The summed E-state index contributed by atoms with van der Waals surface area (Å²) in [5, 5.41) is 6.14. The number of carbonyl (C=O) groups is 1. The van der Waals surface area contributed by atoms with Gasteiger partial charge in [0.1, 0.15) is 6.04 Å². The lowest BCUT2D eigenvalue weighted by atomic mass is 10.0. The molecule has 0 saturated carbocycles. The van der Waals surface area contributed by atoms with Crippen LogP contribution in [0.5, 0.6) is 0 Å². The number of piperazine rings is 1. The quantitative estimate of drug-likeness (QED) is 0.860. The Hall–Kier alpha value is -1.55. The predicted octanol–water partition coefficient (Wildman–Crippen LogP) is 1.22. The summed E-state index contributed by atoms with van der Waals surface area (Å²) in [4.78, 5) is 14.4. The summed E-state index contributed by atoms with van der Waals surface area (Å²) in [6, 6.07) is 6.45. The van der Waals surface area contributed by atoms with Gasteiger partial charge in [-0.2, -0.15) is 0 Å². The molecule has 0 spiro atoms. The van der Waals surface area contributed by atoms with Crippen LogP contribution >= 0.6 is 0 Å². The van der Waals surface area contributed by atoms with E-state index in [0.717, 1.165) is 6.54 Å². The summed E-state index contributed by atoms with van der Waals surface area (Å²) >= 11 is 0.